The maximum absolute atomic E-state index is 3.64. The molecule has 0 rings (SSSR count). The summed E-state index contributed by atoms with van der Waals surface area (Å²) in [4.78, 5) is 0. The van der Waals surface area contributed by atoms with Crippen LogP contribution in [0.1, 0.15) is 27.2 Å². The van der Waals surface area contributed by atoms with Crippen molar-refractivity contribution in [3.63, 3.8) is 0 Å². The summed E-state index contributed by atoms with van der Waals surface area (Å²) in [6.07, 6.45) is 3.04. The molecule has 0 aromatic carbocycles. The van der Waals surface area contributed by atoms with Crippen molar-refractivity contribution < 1.29 is 0 Å². The molecule has 0 heterocycles. The average molecular weight is 127 g/mol. The Morgan fingerprint density at radius 3 is 2.44 bits per heavy atom. The Labute approximate surface area is 58.2 Å². The van der Waals surface area contributed by atoms with E-state index in [0.717, 1.165) is 13.0 Å². The molecule has 1 N–H and O–H groups in total. The summed E-state index contributed by atoms with van der Waals surface area (Å²) in [6, 6.07) is 0. The van der Waals surface area contributed by atoms with E-state index in [1.54, 1.807) is 0 Å². The van der Waals surface area contributed by atoms with Crippen LogP contribution in [0.25, 0.3) is 0 Å². The van der Waals surface area contributed by atoms with E-state index in [1.165, 1.54) is 0 Å². The van der Waals surface area contributed by atoms with Crippen LogP contribution < -0.4 is 5.32 Å². The van der Waals surface area contributed by atoms with Gasteiger partial charge in [-0.3, -0.25) is 0 Å². The van der Waals surface area contributed by atoms with Crippen LogP contribution in [-0.4, -0.2) is 12.1 Å². The molecule has 0 aliphatic heterocycles. The van der Waals surface area contributed by atoms with Crippen molar-refractivity contribution in [1.82, 2.24) is 5.32 Å². The van der Waals surface area contributed by atoms with E-state index in [9.17, 15) is 0 Å². The molecule has 0 amide bonds. The number of hydrogen-bond donors (Lipinski definition) is 1. The first-order valence-electron chi connectivity index (χ1n) is 3.48. The molecule has 0 aromatic rings. The van der Waals surface area contributed by atoms with E-state index in [1.807, 2.05) is 6.08 Å². The third kappa shape index (κ3) is 4.22. The van der Waals surface area contributed by atoms with E-state index in [4.69, 9.17) is 0 Å². The summed E-state index contributed by atoms with van der Waals surface area (Å²) < 4.78 is 0. The molecule has 54 valence electrons. The number of hydrogen-bond acceptors (Lipinski definition) is 1. The van der Waals surface area contributed by atoms with Crippen LogP contribution in [0.4, 0.5) is 0 Å². The van der Waals surface area contributed by atoms with E-state index >= 15 is 0 Å². The van der Waals surface area contributed by atoms with E-state index in [-0.39, 0.29) is 5.54 Å². The van der Waals surface area contributed by atoms with Crippen molar-refractivity contribution in [2.45, 2.75) is 32.7 Å². The Morgan fingerprint density at radius 2 is 2.11 bits per heavy atom. The summed E-state index contributed by atoms with van der Waals surface area (Å²) in [5.74, 6) is 0. The fourth-order valence-electron chi connectivity index (χ4n) is 0.473. The van der Waals surface area contributed by atoms with Crippen LogP contribution in [0.5, 0.6) is 0 Å². The van der Waals surface area contributed by atoms with Gasteiger partial charge < -0.3 is 5.32 Å². The zero-order valence-corrected chi connectivity index (χ0v) is 6.70. The van der Waals surface area contributed by atoms with Crippen molar-refractivity contribution in [2.75, 3.05) is 6.54 Å². The lowest BCUT2D eigenvalue weighted by molar-refractivity contribution is 0.395. The fraction of sp³-hybridized carbons (Fsp3) is 0.750. The Hall–Kier alpha value is -0.300. The molecular weight excluding hydrogens is 110 g/mol. The number of nitrogens with one attached hydrogen (secondary N) is 1. The molecule has 9 heavy (non-hydrogen) atoms. The standard InChI is InChI=1S/C8H17N/c1-5-7-9-8(3,4)6-2/h5,9H,1,6-7H2,2-4H3. The Bertz CT molecular complexity index is 84.6. The SMILES string of the molecule is C=CCNC(C)(C)CC. The zero-order chi connectivity index (χ0) is 7.33. The van der Waals surface area contributed by atoms with Crippen molar-refractivity contribution >= 4 is 0 Å². The van der Waals surface area contributed by atoms with Gasteiger partial charge in [0, 0.05) is 12.1 Å². The Morgan fingerprint density at radius 1 is 1.56 bits per heavy atom. The largest absolute Gasteiger partial charge is 0.308 e. The monoisotopic (exact) mass is 127 g/mol. The van der Waals surface area contributed by atoms with E-state index < -0.39 is 0 Å². The third-order valence-electron chi connectivity index (χ3n) is 1.61. The second-order valence-corrected chi connectivity index (χ2v) is 2.91. The van der Waals surface area contributed by atoms with E-state index in [0.29, 0.717) is 0 Å². The molecule has 1 nitrogen and oxygen atoms in total. The quantitative estimate of drug-likeness (QED) is 0.569. The van der Waals surface area contributed by atoms with Gasteiger partial charge in [-0.05, 0) is 20.3 Å². The topological polar surface area (TPSA) is 12.0 Å². The van der Waals surface area contributed by atoms with Crippen molar-refractivity contribution in [2.24, 2.45) is 0 Å². The lowest BCUT2D eigenvalue weighted by Crippen LogP contribution is -2.38. The first-order chi connectivity index (χ1) is 4.12. The van der Waals surface area contributed by atoms with E-state index in [2.05, 4.69) is 32.7 Å². The highest BCUT2D eigenvalue weighted by atomic mass is 14.9. The van der Waals surface area contributed by atoms with Gasteiger partial charge in [-0.25, -0.2) is 0 Å². The minimum Gasteiger partial charge on any atom is -0.308 e. The van der Waals surface area contributed by atoms with Gasteiger partial charge in [0.1, 0.15) is 0 Å². The molecular formula is C8H17N. The molecule has 0 atom stereocenters. The van der Waals surface area contributed by atoms with Crippen LogP contribution in [0.2, 0.25) is 0 Å². The number of rotatable bonds is 4. The molecule has 0 saturated carbocycles. The zero-order valence-electron chi connectivity index (χ0n) is 6.70. The summed E-state index contributed by atoms with van der Waals surface area (Å²) in [5, 5.41) is 3.34. The van der Waals surface area contributed by atoms with Crippen LogP contribution in [0.3, 0.4) is 0 Å². The van der Waals surface area contributed by atoms with Gasteiger partial charge in [-0.15, -0.1) is 6.58 Å². The van der Waals surface area contributed by atoms with Crippen molar-refractivity contribution in [3.8, 4) is 0 Å². The first kappa shape index (κ1) is 8.70. The molecule has 0 bridgehead atoms. The highest BCUT2D eigenvalue weighted by molar-refractivity contribution is 4.80. The second-order valence-electron chi connectivity index (χ2n) is 2.91. The lowest BCUT2D eigenvalue weighted by Gasteiger charge is -2.23. The molecule has 0 saturated heterocycles. The second kappa shape index (κ2) is 3.67. The molecule has 0 aliphatic carbocycles. The predicted molar refractivity (Wildman–Crippen MR) is 42.6 cm³/mol. The van der Waals surface area contributed by atoms with Gasteiger partial charge in [-0.1, -0.05) is 13.0 Å². The molecule has 0 spiro atoms. The average Bonchev–Trinajstić information content (AvgIpc) is 1.84. The van der Waals surface area contributed by atoms with Crippen molar-refractivity contribution in [1.29, 1.82) is 0 Å². The normalized spacial score (nSPS) is 11.4. The van der Waals surface area contributed by atoms with Gasteiger partial charge in [0.15, 0.2) is 0 Å². The molecule has 0 fully saturated rings. The maximum atomic E-state index is 3.64. The summed E-state index contributed by atoms with van der Waals surface area (Å²) in [7, 11) is 0. The van der Waals surface area contributed by atoms with Gasteiger partial charge in [0.05, 0.1) is 0 Å². The third-order valence-corrected chi connectivity index (χ3v) is 1.61. The molecule has 0 radical (unpaired) electrons. The fourth-order valence-corrected chi connectivity index (χ4v) is 0.473. The summed E-state index contributed by atoms with van der Waals surface area (Å²) >= 11 is 0. The lowest BCUT2D eigenvalue weighted by atomic mass is 10.0. The van der Waals surface area contributed by atoms with Gasteiger partial charge in [0.25, 0.3) is 0 Å². The van der Waals surface area contributed by atoms with Gasteiger partial charge in [0.2, 0.25) is 0 Å². The molecule has 0 unspecified atom stereocenters. The minimum atomic E-state index is 0.272. The van der Waals surface area contributed by atoms with Crippen LogP contribution in [0.15, 0.2) is 12.7 Å². The molecule has 0 aromatic heterocycles. The smallest absolute Gasteiger partial charge is 0.0137 e. The minimum absolute atomic E-state index is 0.272. The van der Waals surface area contributed by atoms with Crippen LogP contribution >= 0.6 is 0 Å². The Balaban J connectivity index is 3.44. The highest BCUT2D eigenvalue weighted by Crippen LogP contribution is 2.05. The molecule has 0 aliphatic rings. The molecule has 1 heteroatoms. The predicted octanol–water partition coefficient (Wildman–Crippen LogP) is 1.95. The summed E-state index contributed by atoms with van der Waals surface area (Å²) in [6.45, 7) is 11.1. The first-order valence-corrected chi connectivity index (χ1v) is 3.48. The highest BCUT2D eigenvalue weighted by Gasteiger charge is 2.11. The van der Waals surface area contributed by atoms with Crippen molar-refractivity contribution in [3.05, 3.63) is 12.7 Å². The van der Waals surface area contributed by atoms with Gasteiger partial charge in [-0.2, -0.15) is 0 Å². The van der Waals surface area contributed by atoms with Crippen LogP contribution in [-0.2, 0) is 0 Å². The van der Waals surface area contributed by atoms with Gasteiger partial charge >= 0.3 is 0 Å². The Kier molecular flexibility index (Phi) is 3.55. The van der Waals surface area contributed by atoms with Crippen LogP contribution in [0, 0.1) is 0 Å². The summed E-state index contributed by atoms with van der Waals surface area (Å²) in [5.41, 5.74) is 0.272. The maximum Gasteiger partial charge on any atom is 0.0137 e.